The molecule has 1 atom stereocenters. The molecule has 1 fully saturated rings. The summed E-state index contributed by atoms with van der Waals surface area (Å²) in [5.74, 6) is -0.528. The molecule has 0 aliphatic carbocycles. The maximum absolute atomic E-state index is 12.2. The lowest BCUT2D eigenvalue weighted by Crippen LogP contribution is -2.49. The normalized spacial score (nSPS) is 21.0. The van der Waals surface area contributed by atoms with Gasteiger partial charge in [0.1, 0.15) is 12.1 Å². The van der Waals surface area contributed by atoms with Crippen molar-refractivity contribution >= 4 is 12.1 Å². The minimum absolute atomic E-state index is 0.0984. The van der Waals surface area contributed by atoms with E-state index in [1.54, 1.807) is 0 Å². The highest BCUT2D eigenvalue weighted by Gasteiger charge is 2.42. The predicted octanol–water partition coefficient (Wildman–Crippen LogP) is 2.79. The number of hydrogen-bond donors (Lipinski definition) is 1. The van der Waals surface area contributed by atoms with Crippen LogP contribution >= 0.6 is 0 Å². The van der Waals surface area contributed by atoms with E-state index in [0.717, 1.165) is 24.9 Å². The monoisotopic (exact) mass is 291 g/mol. The van der Waals surface area contributed by atoms with Crippen LogP contribution in [-0.4, -0.2) is 24.2 Å². The molecule has 21 heavy (non-hydrogen) atoms. The van der Waals surface area contributed by atoms with Crippen LogP contribution in [0.3, 0.4) is 0 Å². The van der Waals surface area contributed by atoms with Crippen LogP contribution in [0.25, 0.3) is 0 Å². The summed E-state index contributed by atoms with van der Waals surface area (Å²) in [4.78, 5) is 23.8. The molecule has 0 bridgehead atoms. The quantitative estimate of drug-likeness (QED) is 0.667. The molecular formula is C16H21NO4. The SMILES string of the molecule is CCC[C@@]1(C(=O)OC(=O)OCc2ccccc2)CCCN1. The van der Waals surface area contributed by atoms with Gasteiger partial charge in [-0.25, -0.2) is 9.59 Å². The lowest BCUT2D eigenvalue weighted by molar-refractivity contribution is -0.147. The summed E-state index contributed by atoms with van der Waals surface area (Å²) in [6.45, 7) is 2.87. The van der Waals surface area contributed by atoms with E-state index in [0.29, 0.717) is 12.8 Å². The van der Waals surface area contributed by atoms with Crippen LogP contribution in [0.1, 0.15) is 38.2 Å². The summed E-state index contributed by atoms with van der Waals surface area (Å²) in [6, 6.07) is 9.27. The van der Waals surface area contributed by atoms with Crippen LogP contribution in [0.4, 0.5) is 4.79 Å². The van der Waals surface area contributed by atoms with Gasteiger partial charge in [0.25, 0.3) is 0 Å². The maximum atomic E-state index is 12.2. The highest BCUT2D eigenvalue weighted by Crippen LogP contribution is 2.26. The van der Waals surface area contributed by atoms with Gasteiger partial charge in [0.2, 0.25) is 0 Å². The van der Waals surface area contributed by atoms with Gasteiger partial charge in [-0.05, 0) is 31.4 Å². The van der Waals surface area contributed by atoms with Crippen molar-refractivity contribution in [2.45, 2.75) is 44.8 Å². The predicted molar refractivity (Wildman–Crippen MR) is 77.6 cm³/mol. The van der Waals surface area contributed by atoms with Crippen molar-refractivity contribution < 1.29 is 19.1 Å². The van der Waals surface area contributed by atoms with Gasteiger partial charge in [0, 0.05) is 0 Å². The molecule has 1 heterocycles. The standard InChI is InChI=1S/C16H21NO4/c1-2-9-16(10-6-11-17-16)14(18)21-15(19)20-12-13-7-4-3-5-8-13/h3-5,7-8,17H,2,6,9-12H2,1H3/t16-/m0/s1. The van der Waals surface area contributed by atoms with Crippen LogP contribution in [0.15, 0.2) is 30.3 Å². The molecule has 1 aliphatic rings. The van der Waals surface area contributed by atoms with Crippen molar-refractivity contribution in [3.8, 4) is 0 Å². The number of esters is 1. The van der Waals surface area contributed by atoms with Gasteiger partial charge in [-0.1, -0.05) is 43.7 Å². The highest BCUT2D eigenvalue weighted by molar-refractivity contribution is 5.89. The molecule has 1 N–H and O–H groups in total. The Morgan fingerprint density at radius 3 is 2.67 bits per heavy atom. The van der Waals surface area contributed by atoms with E-state index in [9.17, 15) is 9.59 Å². The average Bonchev–Trinajstić information content (AvgIpc) is 2.96. The van der Waals surface area contributed by atoms with E-state index in [1.165, 1.54) is 0 Å². The smallest absolute Gasteiger partial charge is 0.429 e. The van der Waals surface area contributed by atoms with Gasteiger partial charge in [-0.15, -0.1) is 0 Å². The summed E-state index contributed by atoms with van der Waals surface area (Å²) in [5, 5.41) is 3.17. The second-order valence-corrected chi connectivity index (χ2v) is 5.28. The zero-order valence-electron chi connectivity index (χ0n) is 12.3. The Morgan fingerprint density at radius 1 is 1.29 bits per heavy atom. The molecule has 0 radical (unpaired) electrons. The van der Waals surface area contributed by atoms with Gasteiger partial charge < -0.3 is 14.8 Å². The maximum Gasteiger partial charge on any atom is 0.516 e. The molecule has 5 heteroatoms. The molecule has 1 saturated heterocycles. The van der Waals surface area contributed by atoms with Crippen molar-refractivity contribution in [3.05, 3.63) is 35.9 Å². The zero-order chi connectivity index (χ0) is 15.1. The largest absolute Gasteiger partial charge is 0.516 e. The third kappa shape index (κ3) is 4.04. The average molecular weight is 291 g/mol. The minimum Gasteiger partial charge on any atom is -0.429 e. The second-order valence-electron chi connectivity index (χ2n) is 5.28. The minimum atomic E-state index is -0.937. The van der Waals surface area contributed by atoms with Crippen LogP contribution in [0, 0.1) is 0 Å². The number of benzene rings is 1. The fraction of sp³-hybridized carbons (Fsp3) is 0.500. The van der Waals surface area contributed by atoms with E-state index in [1.807, 2.05) is 37.3 Å². The lowest BCUT2D eigenvalue weighted by atomic mass is 9.92. The fourth-order valence-corrected chi connectivity index (χ4v) is 2.64. The third-order valence-corrected chi connectivity index (χ3v) is 3.69. The molecule has 1 aromatic carbocycles. The molecule has 5 nitrogen and oxygen atoms in total. The number of nitrogens with one attached hydrogen (secondary N) is 1. The molecule has 0 aromatic heterocycles. The number of ether oxygens (including phenoxy) is 2. The first-order chi connectivity index (χ1) is 10.2. The Hall–Kier alpha value is -1.88. The van der Waals surface area contributed by atoms with Crippen LogP contribution in [0.2, 0.25) is 0 Å². The molecule has 0 saturated carbocycles. The van der Waals surface area contributed by atoms with Crippen molar-refractivity contribution in [1.82, 2.24) is 5.32 Å². The first kappa shape index (κ1) is 15.5. The van der Waals surface area contributed by atoms with Crippen LogP contribution in [-0.2, 0) is 20.9 Å². The van der Waals surface area contributed by atoms with Gasteiger partial charge >= 0.3 is 12.1 Å². The van der Waals surface area contributed by atoms with E-state index >= 15 is 0 Å². The summed E-state index contributed by atoms with van der Waals surface area (Å²) in [6.07, 6.45) is 2.19. The van der Waals surface area contributed by atoms with Gasteiger partial charge in [-0.2, -0.15) is 0 Å². The van der Waals surface area contributed by atoms with Crippen molar-refractivity contribution in [1.29, 1.82) is 0 Å². The summed E-state index contributed by atoms with van der Waals surface area (Å²) in [7, 11) is 0. The van der Waals surface area contributed by atoms with Gasteiger partial charge in [-0.3, -0.25) is 0 Å². The summed E-state index contributed by atoms with van der Waals surface area (Å²) >= 11 is 0. The molecular weight excluding hydrogens is 270 g/mol. The number of carbonyl (C=O) groups excluding carboxylic acids is 2. The Kier molecular flexibility index (Phi) is 5.33. The molecule has 0 amide bonds. The van der Waals surface area contributed by atoms with Crippen LogP contribution < -0.4 is 5.32 Å². The van der Waals surface area contributed by atoms with Crippen molar-refractivity contribution in [3.63, 3.8) is 0 Å². The van der Waals surface area contributed by atoms with E-state index in [-0.39, 0.29) is 6.61 Å². The topological polar surface area (TPSA) is 64.6 Å². The third-order valence-electron chi connectivity index (χ3n) is 3.69. The molecule has 1 aromatic rings. The van der Waals surface area contributed by atoms with E-state index < -0.39 is 17.7 Å². The highest BCUT2D eigenvalue weighted by atomic mass is 16.7. The lowest BCUT2D eigenvalue weighted by Gasteiger charge is -2.25. The molecule has 1 aliphatic heterocycles. The van der Waals surface area contributed by atoms with E-state index in [4.69, 9.17) is 9.47 Å². The first-order valence-corrected chi connectivity index (χ1v) is 7.34. The van der Waals surface area contributed by atoms with Gasteiger partial charge in [0.15, 0.2) is 0 Å². The molecule has 0 spiro atoms. The Labute approximate surface area is 124 Å². The number of carbonyl (C=O) groups is 2. The van der Waals surface area contributed by atoms with Gasteiger partial charge in [0.05, 0.1) is 0 Å². The second kappa shape index (κ2) is 7.22. The first-order valence-electron chi connectivity index (χ1n) is 7.34. The summed E-state index contributed by atoms with van der Waals surface area (Å²) < 4.78 is 9.82. The Balaban J connectivity index is 1.85. The number of hydrogen-bond acceptors (Lipinski definition) is 5. The van der Waals surface area contributed by atoms with Crippen LogP contribution in [0.5, 0.6) is 0 Å². The Morgan fingerprint density at radius 2 is 2.05 bits per heavy atom. The van der Waals surface area contributed by atoms with E-state index in [2.05, 4.69) is 5.32 Å². The zero-order valence-corrected chi connectivity index (χ0v) is 12.3. The fourth-order valence-electron chi connectivity index (χ4n) is 2.64. The summed E-state index contributed by atoms with van der Waals surface area (Å²) in [5.41, 5.74) is 0.129. The van der Waals surface area contributed by atoms with Crippen molar-refractivity contribution in [2.24, 2.45) is 0 Å². The number of rotatable bonds is 5. The molecule has 0 unspecified atom stereocenters. The molecule has 114 valence electrons. The Bertz CT molecular complexity index is 480. The molecule has 2 rings (SSSR count). The van der Waals surface area contributed by atoms with Crippen molar-refractivity contribution in [2.75, 3.05) is 6.54 Å².